The summed E-state index contributed by atoms with van der Waals surface area (Å²) in [6.07, 6.45) is 2.58. The Morgan fingerprint density at radius 2 is 2.00 bits per heavy atom. The number of aryl methyl sites for hydroxylation is 1. The van der Waals surface area contributed by atoms with E-state index in [1.54, 1.807) is 6.20 Å². The molecule has 0 aliphatic carbocycles. The Balaban J connectivity index is 2.40. The van der Waals surface area contributed by atoms with Crippen molar-refractivity contribution in [3.63, 3.8) is 0 Å². The summed E-state index contributed by atoms with van der Waals surface area (Å²) < 4.78 is 0. The van der Waals surface area contributed by atoms with Gasteiger partial charge >= 0.3 is 0 Å². The molecule has 1 aromatic carbocycles. The van der Waals surface area contributed by atoms with Crippen LogP contribution >= 0.6 is 0 Å². The summed E-state index contributed by atoms with van der Waals surface area (Å²) in [6.45, 7) is 2.68. The minimum absolute atomic E-state index is 0.615. The van der Waals surface area contributed by atoms with Crippen LogP contribution in [0.4, 0.5) is 0 Å². The van der Waals surface area contributed by atoms with Crippen LogP contribution in [0.15, 0.2) is 36.5 Å². The van der Waals surface area contributed by atoms with Gasteiger partial charge in [0.2, 0.25) is 0 Å². The van der Waals surface area contributed by atoms with E-state index in [9.17, 15) is 0 Å². The molecular formula is C13H15N3. The lowest BCUT2D eigenvalue weighted by molar-refractivity contribution is 0.912. The van der Waals surface area contributed by atoms with E-state index in [2.05, 4.69) is 23.0 Å². The highest BCUT2D eigenvalue weighted by atomic mass is 14.9. The molecule has 0 atom stereocenters. The van der Waals surface area contributed by atoms with Crippen LogP contribution in [0.25, 0.3) is 11.4 Å². The molecule has 3 heteroatoms. The lowest BCUT2D eigenvalue weighted by Crippen LogP contribution is -2.05. The maximum absolute atomic E-state index is 5.52. The minimum Gasteiger partial charge on any atom is -0.330 e. The normalized spacial score (nSPS) is 10.4. The van der Waals surface area contributed by atoms with Crippen LogP contribution in [-0.2, 0) is 6.42 Å². The predicted octanol–water partition coefficient (Wildman–Crippen LogP) is 1.95. The lowest BCUT2D eigenvalue weighted by Gasteiger charge is -2.05. The molecule has 2 rings (SSSR count). The number of aromatic nitrogens is 2. The highest BCUT2D eigenvalue weighted by Gasteiger charge is 2.04. The second kappa shape index (κ2) is 4.86. The number of rotatable bonds is 3. The molecule has 0 unspecified atom stereocenters. The van der Waals surface area contributed by atoms with Crippen molar-refractivity contribution >= 4 is 0 Å². The fraction of sp³-hybridized carbons (Fsp3) is 0.231. The van der Waals surface area contributed by atoms with Gasteiger partial charge in [0.25, 0.3) is 0 Å². The van der Waals surface area contributed by atoms with E-state index in [1.165, 1.54) is 5.56 Å². The maximum Gasteiger partial charge on any atom is 0.159 e. The first-order chi connectivity index (χ1) is 7.81. The summed E-state index contributed by atoms with van der Waals surface area (Å²) in [5.74, 6) is 0.782. The Bertz CT molecular complexity index is 480. The van der Waals surface area contributed by atoms with E-state index in [4.69, 9.17) is 5.73 Å². The van der Waals surface area contributed by atoms with Crippen molar-refractivity contribution in [2.75, 3.05) is 6.54 Å². The van der Waals surface area contributed by atoms with E-state index in [1.807, 2.05) is 24.3 Å². The van der Waals surface area contributed by atoms with Crippen molar-refractivity contribution in [3.05, 3.63) is 47.8 Å². The molecule has 0 radical (unpaired) electrons. The van der Waals surface area contributed by atoms with Crippen LogP contribution in [-0.4, -0.2) is 16.5 Å². The van der Waals surface area contributed by atoms with Crippen LogP contribution in [0.5, 0.6) is 0 Å². The maximum atomic E-state index is 5.52. The third-order valence-electron chi connectivity index (χ3n) is 2.50. The molecule has 2 N–H and O–H groups in total. The first-order valence-electron chi connectivity index (χ1n) is 5.39. The molecule has 0 spiro atoms. The summed E-state index contributed by atoms with van der Waals surface area (Å²) in [7, 11) is 0. The smallest absolute Gasteiger partial charge is 0.159 e. The van der Waals surface area contributed by atoms with Crippen molar-refractivity contribution in [2.24, 2.45) is 5.73 Å². The molecule has 1 heterocycles. The highest BCUT2D eigenvalue weighted by molar-refractivity contribution is 5.59. The quantitative estimate of drug-likeness (QED) is 0.847. The largest absolute Gasteiger partial charge is 0.330 e. The van der Waals surface area contributed by atoms with Crippen molar-refractivity contribution in [3.8, 4) is 11.4 Å². The van der Waals surface area contributed by atoms with Crippen molar-refractivity contribution in [2.45, 2.75) is 13.3 Å². The van der Waals surface area contributed by atoms with Gasteiger partial charge in [0.05, 0.1) is 0 Å². The Morgan fingerprint density at radius 1 is 1.19 bits per heavy atom. The first-order valence-corrected chi connectivity index (χ1v) is 5.39. The number of hydrogen-bond donors (Lipinski definition) is 1. The summed E-state index contributed by atoms with van der Waals surface area (Å²) in [6, 6.07) is 10.0. The van der Waals surface area contributed by atoms with Crippen molar-refractivity contribution < 1.29 is 0 Å². The van der Waals surface area contributed by atoms with Crippen LogP contribution in [0.1, 0.15) is 11.3 Å². The van der Waals surface area contributed by atoms with Gasteiger partial charge in [0.1, 0.15) is 0 Å². The highest BCUT2D eigenvalue weighted by Crippen LogP contribution is 2.18. The lowest BCUT2D eigenvalue weighted by atomic mass is 10.1. The predicted molar refractivity (Wildman–Crippen MR) is 65.0 cm³/mol. The Kier molecular flexibility index (Phi) is 3.27. The molecule has 82 valence electrons. The number of nitrogens with two attached hydrogens (primary N) is 1. The molecule has 0 saturated carbocycles. The van der Waals surface area contributed by atoms with Crippen LogP contribution in [0, 0.1) is 6.92 Å². The zero-order valence-corrected chi connectivity index (χ0v) is 9.35. The molecule has 0 aliphatic heterocycles. The van der Waals surface area contributed by atoms with E-state index < -0.39 is 0 Å². The molecule has 0 aliphatic rings. The van der Waals surface area contributed by atoms with E-state index in [0.29, 0.717) is 6.54 Å². The molecule has 0 saturated heterocycles. The second-order valence-corrected chi connectivity index (χ2v) is 3.73. The zero-order valence-electron chi connectivity index (χ0n) is 9.35. The summed E-state index contributed by atoms with van der Waals surface area (Å²) >= 11 is 0. The van der Waals surface area contributed by atoms with Crippen molar-refractivity contribution in [1.29, 1.82) is 0 Å². The Morgan fingerprint density at radius 3 is 2.75 bits per heavy atom. The van der Waals surface area contributed by atoms with Gasteiger partial charge in [0.15, 0.2) is 5.82 Å². The number of nitrogens with zero attached hydrogens (tertiary/aromatic N) is 2. The number of hydrogen-bond acceptors (Lipinski definition) is 3. The van der Waals surface area contributed by atoms with Crippen LogP contribution in [0.2, 0.25) is 0 Å². The SMILES string of the molecule is Cc1ccccc1-c1nccc(CCN)n1. The van der Waals surface area contributed by atoms with Gasteiger partial charge in [-0.25, -0.2) is 9.97 Å². The van der Waals surface area contributed by atoms with Crippen LogP contribution in [0.3, 0.4) is 0 Å². The molecule has 0 bridgehead atoms. The second-order valence-electron chi connectivity index (χ2n) is 3.73. The van der Waals surface area contributed by atoms with Gasteiger partial charge in [0, 0.05) is 23.9 Å². The topological polar surface area (TPSA) is 51.8 Å². The number of benzene rings is 1. The molecular weight excluding hydrogens is 198 g/mol. The fourth-order valence-corrected chi connectivity index (χ4v) is 1.64. The van der Waals surface area contributed by atoms with E-state index in [-0.39, 0.29) is 0 Å². The zero-order chi connectivity index (χ0) is 11.4. The summed E-state index contributed by atoms with van der Waals surface area (Å²) in [5.41, 5.74) is 8.79. The Labute approximate surface area is 95.4 Å². The molecule has 0 fully saturated rings. The third-order valence-corrected chi connectivity index (χ3v) is 2.50. The monoisotopic (exact) mass is 213 g/mol. The van der Waals surface area contributed by atoms with Gasteiger partial charge in [-0.1, -0.05) is 24.3 Å². The van der Waals surface area contributed by atoms with Gasteiger partial charge in [-0.05, 0) is 25.1 Å². The van der Waals surface area contributed by atoms with Gasteiger partial charge in [-0.15, -0.1) is 0 Å². The van der Waals surface area contributed by atoms with E-state index in [0.717, 1.165) is 23.5 Å². The fourth-order valence-electron chi connectivity index (χ4n) is 1.64. The van der Waals surface area contributed by atoms with Gasteiger partial charge in [-0.3, -0.25) is 0 Å². The van der Waals surface area contributed by atoms with Gasteiger partial charge < -0.3 is 5.73 Å². The molecule has 2 aromatic rings. The summed E-state index contributed by atoms with van der Waals surface area (Å²) in [4.78, 5) is 8.80. The van der Waals surface area contributed by atoms with Crippen LogP contribution < -0.4 is 5.73 Å². The Hall–Kier alpha value is -1.74. The average molecular weight is 213 g/mol. The average Bonchev–Trinajstić information content (AvgIpc) is 2.30. The van der Waals surface area contributed by atoms with Crippen molar-refractivity contribution in [1.82, 2.24) is 9.97 Å². The molecule has 16 heavy (non-hydrogen) atoms. The summed E-state index contributed by atoms with van der Waals surface area (Å²) in [5, 5.41) is 0. The third kappa shape index (κ3) is 2.25. The van der Waals surface area contributed by atoms with Gasteiger partial charge in [-0.2, -0.15) is 0 Å². The molecule has 0 amide bonds. The molecule has 1 aromatic heterocycles. The first kappa shape index (κ1) is 10.8. The molecule has 3 nitrogen and oxygen atoms in total. The van der Waals surface area contributed by atoms with E-state index >= 15 is 0 Å². The minimum atomic E-state index is 0.615. The standard InChI is InChI=1S/C13H15N3/c1-10-4-2-3-5-12(10)13-15-9-7-11(16-13)6-8-14/h2-5,7,9H,6,8,14H2,1H3.